The van der Waals surface area contributed by atoms with Crippen molar-refractivity contribution >= 4 is 15.9 Å². The van der Waals surface area contributed by atoms with E-state index in [1.165, 1.54) is 6.07 Å². The standard InChI is InChI=1S/C14H21BrFNO/c1-5-6-9(2)14(17-3)10-7-11(15)12(16)8-13(10)18-4/h7-9,14,17H,5-6H2,1-4H3. The second kappa shape index (κ2) is 7.10. The molecular formula is C14H21BrFNO. The lowest BCUT2D eigenvalue weighted by Gasteiger charge is -2.25. The van der Waals surface area contributed by atoms with Gasteiger partial charge in [0.2, 0.25) is 0 Å². The zero-order chi connectivity index (χ0) is 13.7. The first-order chi connectivity index (χ1) is 8.54. The highest BCUT2D eigenvalue weighted by Gasteiger charge is 2.22. The number of halogens is 2. The van der Waals surface area contributed by atoms with E-state index in [9.17, 15) is 4.39 Å². The molecule has 4 heteroatoms. The van der Waals surface area contributed by atoms with Crippen LogP contribution in [0.15, 0.2) is 16.6 Å². The third-order valence-electron chi connectivity index (χ3n) is 3.23. The lowest BCUT2D eigenvalue weighted by molar-refractivity contribution is 0.354. The van der Waals surface area contributed by atoms with Crippen molar-refractivity contribution < 1.29 is 9.13 Å². The van der Waals surface area contributed by atoms with Gasteiger partial charge in [0.25, 0.3) is 0 Å². The summed E-state index contributed by atoms with van der Waals surface area (Å²) in [7, 11) is 3.50. The minimum atomic E-state index is -0.298. The normalized spacial score (nSPS) is 14.3. The van der Waals surface area contributed by atoms with Gasteiger partial charge in [-0.15, -0.1) is 0 Å². The highest BCUT2D eigenvalue weighted by Crippen LogP contribution is 2.35. The van der Waals surface area contributed by atoms with Gasteiger partial charge in [0, 0.05) is 17.7 Å². The van der Waals surface area contributed by atoms with Crippen molar-refractivity contribution in [2.24, 2.45) is 5.92 Å². The molecule has 0 saturated heterocycles. The van der Waals surface area contributed by atoms with E-state index in [4.69, 9.17) is 4.74 Å². The van der Waals surface area contributed by atoms with Crippen molar-refractivity contribution in [2.75, 3.05) is 14.2 Å². The Morgan fingerprint density at radius 1 is 1.44 bits per heavy atom. The highest BCUT2D eigenvalue weighted by molar-refractivity contribution is 9.10. The Bertz CT molecular complexity index is 398. The van der Waals surface area contributed by atoms with Crippen molar-refractivity contribution in [1.29, 1.82) is 0 Å². The van der Waals surface area contributed by atoms with Crippen molar-refractivity contribution in [3.05, 3.63) is 28.0 Å². The van der Waals surface area contributed by atoms with Gasteiger partial charge in [0.05, 0.1) is 11.6 Å². The van der Waals surface area contributed by atoms with Crippen molar-refractivity contribution in [3.8, 4) is 5.75 Å². The zero-order valence-electron chi connectivity index (χ0n) is 11.4. The number of nitrogens with one attached hydrogen (secondary N) is 1. The molecule has 1 aromatic carbocycles. The predicted octanol–water partition coefficient (Wildman–Crippen LogP) is 4.29. The lowest BCUT2D eigenvalue weighted by atomic mass is 9.90. The SMILES string of the molecule is CCCC(C)C(NC)c1cc(Br)c(F)cc1OC. The second-order valence-electron chi connectivity index (χ2n) is 4.54. The van der Waals surface area contributed by atoms with E-state index < -0.39 is 0 Å². The largest absolute Gasteiger partial charge is 0.496 e. The summed E-state index contributed by atoms with van der Waals surface area (Å²) >= 11 is 3.24. The Morgan fingerprint density at radius 3 is 2.61 bits per heavy atom. The average Bonchev–Trinajstić information content (AvgIpc) is 2.34. The van der Waals surface area contributed by atoms with Crippen LogP contribution in [0.2, 0.25) is 0 Å². The molecule has 18 heavy (non-hydrogen) atoms. The molecule has 0 aromatic heterocycles. The minimum Gasteiger partial charge on any atom is -0.496 e. The van der Waals surface area contributed by atoms with E-state index in [1.807, 2.05) is 13.1 Å². The Morgan fingerprint density at radius 2 is 2.11 bits per heavy atom. The van der Waals surface area contributed by atoms with Crippen LogP contribution in [0, 0.1) is 11.7 Å². The molecule has 0 radical (unpaired) electrons. The number of ether oxygens (including phenoxy) is 1. The molecule has 0 aliphatic rings. The van der Waals surface area contributed by atoms with Gasteiger partial charge in [0.1, 0.15) is 11.6 Å². The summed E-state index contributed by atoms with van der Waals surface area (Å²) in [5, 5.41) is 3.30. The van der Waals surface area contributed by atoms with E-state index in [1.54, 1.807) is 7.11 Å². The molecule has 0 heterocycles. The average molecular weight is 318 g/mol. The van der Waals surface area contributed by atoms with E-state index in [0.29, 0.717) is 16.1 Å². The Labute approximate surface area is 117 Å². The molecule has 0 saturated carbocycles. The Balaban J connectivity index is 3.15. The van der Waals surface area contributed by atoms with Crippen molar-refractivity contribution in [2.45, 2.75) is 32.7 Å². The molecule has 1 N–H and O–H groups in total. The number of rotatable bonds is 6. The molecule has 2 nitrogen and oxygen atoms in total. The van der Waals surface area contributed by atoms with Crippen LogP contribution in [0.5, 0.6) is 5.75 Å². The van der Waals surface area contributed by atoms with Crippen LogP contribution in [-0.2, 0) is 0 Å². The van der Waals surface area contributed by atoms with Crippen LogP contribution in [0.4, 0.5) is 4.39 Å². The maximum atomic E-state index is 13.5. The molecule has 0 aliphatic carbocycles. The summed E-state index contributed by atoms with van der Waals surface area (Å²) in [5.41, 5.74) is 0.995. The van der Waals surface area contributed by atoms with Gasteiger partial charge in [-0.3, -0.25) is 0 Å². The quantitative estimate of drug-likeness (QED) is 0.845. The van der Waals surface area contributed by atoms with Crippen LogP contribution in [0.1, 0.15) is 38.3 Å². The van der Waals surface area contributed by atoms with Crippen LogP contribution in [-0.4, -0.2) is 14.2 Å². The molecule has 0 spiro atoms. The molecule has 102 valence electrons. The topological polar surface area (TPSA) is 21.3 Å². The van der Waals surface area contributed by atoms with E-state index in [0.717, 1.165) is 18.4 Å². The second-order valence-corrected chi connectivity index (χ2v) is 5.39. The summed E-state index contributed by atoms with van der Waals surface area (Å²) in [6.45, 7) is 4.36. The maximum absolute atomic E-state index is 13.5. The van der Waals surface area contributed by atoms with E-state index in [2.05, 4.69) is 35.1 Å². The number of hydrogen-bond acceptors (Lipinski definition) is 2. The first-order valence-electron chi connectivity index (χ1n) is 6.25. The van der Waals surface area contributed by atoms with Crippen LogP contribution in [0.3, 0.4) is 0 Å². The van der Waals surface area contributed by atoms with E-state index in [-0.39, 0.29) is 11.9 Å². The fraction of sp³-hybridized carbons (Fsp3) is 0.571. The zero-order valence-corrected chi connectivity index (χ0v) is 13.0. The third kappa shape index (κ3) is 3.45. The third-order valence-corrected chi connectivity index (χ3v) is 3.84. The lowest BCUT2D eigenvalue weighted by Crippen LogP contribution is -2.24. The predicted molar refractivity (Wildman–Crippen MR) is 76.5 cm³/mol. The minimum absolute atomic E-state index is 0.164. The van der Waals surface area contributed by atoms with Gasteiger partial charge in [-0.05, 0) is 41.4 Å². The molecule has 1 aromatic rings. The Kier molecular flexibility index (Phi) is 6.09. The molecule has 1 rings (SSSR count). The van der Waals surface area contributed by atoms with Gasteiger partial charge in [-0.25, -0.2) is 4.39 Å². The number of benzene rings is 1. The van der Waals surface area contributed by atoms with Gasteiger partial charge < -0.3 is 10.1 Å². The molecular weight excluding hydrogens is 297 g/mol. The number of methoxy groups -OCH3 is 1. The molecule has 0 fully saturated rings. The molecule has 0 bridgehead atoms. The van der Waals surface area contributed by atoms with E-state index >= 15 is 0 Å². The smallest absolute Gasteiger partial charge is 0.141 e. The fourth-order valence-electron chi connectivity index (χ4n) is 2.33. The summed E-state index contributed by atoms with van der Waals surface area (Å²) in [5.74, 6) is 0.762. The Hall–Kier alpha value is -0.610. The molecule has 2 unspecified atom stereocenters. The van der Waals surface area contributed by atoms with Crippen LogP contribution >= 0.6 is 15.9 Å². The summed E-state index contributed by atoms with van der Waals surface area (Å²) < 4.78 is 19.3. The molecule has 0 aliphatic heterocycles. The molecule has 0 amide bonds. The van der Waals surface area contributed by atoms with Crippen LogP contribution < -0.4 is 10.1 Å². The highest BCUT2D eigenvalue weighted by atomic mass is 79.9. The summed E-state index contributed by atoms with van der Waals surface area (Å²) in [4.78, 5) is 0. The first-order valence-corrected chi connectivity index (χ1v) is 7.04. The van der Waals surface area contributed by atoms with Gasteiger partial charge in [-0.2, -0.15) is 0 Å². The van der Waals surface area contributed by atoms with Crippen molar-refractivity contribution in [3.63, 3.8) is 0 Å². The summed E-state index contributed by atoms with van der Waals surface area (Å²) in [6, 6.07) is 3.40. The number of hydrogen-bond donors (Lipinski definition) is 1. The fourth-order valence-corrected chi connectivity index (χ4v) is 2.69. The van der Waals surface area contributed by atoms with Crippen molar-refractivity contribution in [1.82, 2.24) is 5.32 Å². The van der Waals surface area contributed by atoms with Gasteiger partial charge in [0.15, 0.2) is 0 Å². The molecule has 2 atom stereocenters. The first kappa shape index (κ1) is 15.4. The van der Waals surface area contributed by atoms with Gasteiger partial charge in [-0.1, -0.05) is 20.3 Å². The van der Waals surface area contributed by atoms with Gasteiger partial charge >= 0.3 is 0 Å². The summed E-state index contributed by atoms with van der Waals surface area (Å²) in [6.07, 6.45) is 2.24. The maximum Gasteiger partial charge on any atom is 0.141 e. The monoisotopic (exact) mass is 317 g/mol. The van der Waals surface area contributed by atoms with Crippen LogP contribution in [0.25, 0.3) is 0 Å².